The van der Waals surface area contributed by atoms with Gasteiger partial charge in [-0.2, -0.15) is 0 Å². The van der Waals surface area contributed by atoms with Gasteiger partial charge in [-0.3, -0.25) is 0 Å². The highest BCUT2D eigenvalue weighted by Crippen LogP contribution is 2.21. The number of ether oxygens (including phenoxy) is 3. The molecule has 0 fully saturated rings. The Balaban J connectivity index is 1.94. The number of benzene rings is 2. The van der Waals surface area contributed by atoms with E-state index in [0.29, 0.717) is 6.61 Å². The predicted molar refractivity (Wildman–Crippen MR) is 86.6 cm³/mol. The first-order valence-electron chi connectivity index (χ1n) is 6.88. The van der Waals surface area contributed by atoms with Crippen molar-refractivity contribution in [3.05, 3.63) is 58.6 Å². The summed E-state index contributed by atoms with van der Waals surface area (Å²) in [5.41, 5.74) is 1.01. The van der Waals surface area contributed by atoms with Gasteiger partial charge in [0.05, 0.1) is 13.7 Å². The van der Waals surface area contributed by atoms with Crippen LogP contribution in [0.1, 0.15) is 18.9 Å². The molecule has 0 saturated carbocycles. The Morgan fingerprint density at radius 3 is 2.43 bits per heavy atom. The molecule has 2 rings (SSSR count). The van der Waals surface area contributed by atoms with E-state index in [0.717, 1.165) is 28.0 Å². The van der Waals surface area contributed by atoms with Crippen molar-refractivity contribution in [1.29, 1.82) is 0 Å². The molecule has 4 heteroatoms. The summed E-state index contributed by atoms with van der Waals surface area (Å²) < 4.78 is 18.0. The number of hydrogen-bond donors (Lipinski definition) is 0. The summed E-state index contributed by atoms with van der Waals surface area (Å²) in [4.78, 5) is 0. The Morgan fingerprint density at radius 2 is 1.76 bits per heavy atom. The molecule has 0 aliphatic heterocycles. The smallest absolute Gasteiger partial charge is 0.199 e. The van der Waals surface area contributed by atoms with E-state index in [-0.39, 0.29) is 6.29 Å². The van der Waals surface area contributed by atoms with Crippen LogP contribution in [-0.4, -0.2) is 13.4 Å². The number of methoxy groups -OCH3 is 1. The average molecular weight is 351 g/mol. The van der Waals surface area contributed by atoms with Crippen LogP contribution >= 0.6 is 15.9 Å². The second-order valence-electron chi connectivity index (χ2n) is 4.53. The highest BCUT2D eigenvalue weighted by atomic mass is 79.9. The summed E-state index contributed by atoms with van der Waals surface area (Å²) >= 11 is 3.41. The predicted octanol–water partition coefficient (Wildman–Crippen LogP) is 4.79. The van der Waals surface area contributed by atoms with E-state index in [1.54, 1.807) is 7.11 Å². The lowest BCUT2D eigenvalue weighted by Gasteiger charge is -2.19. The highest BCUT2D eigenvalue weighted by Gasteiger charge is 2.10. The van der Waals surface area contributed by atoms with Crippen LogP contribution < -0.4 is 9.47 Å². The fourth-order valence-corrected chi connectivity index (χ4v) is 2.17. The normalized spacial score (nSPS) is 12.0. The van der Waals surface area contributed by atoms with Gasteiger partial charge in [-0.15, -0.1) is 0 Å². The SMILES string of the molecule is CCC(OCc1ccccc1OC)Oc1ccc(Br)cc1. The van der Waals surface area contributed by atoms with Gasteiger partial charge < -0.3 is 14.2 Å². The Bertz CT molecular complexity index is 554. The molecule has 2 aromatic rings. The van der Waals surface area contributed by atoms with Gasteiger partial charge in [-0.1, -0.05) is 41.1 Å². The first-order chi connectivity index (χ1) is 10.2. The van der Waals surface area contributed by atoms with E-state index < -0.39 is 0 Å². The molecule has 0 bridgehead atoms. The van der Waals surface area contributed by atoms with Gasteiger partial charge in [0.1, 0.15) is 11.5 Å². The second kappa shape index (κ2) is 8.05. The number of halogens is 1. The second-order valence-corrected chi connectivity index (χ2v) is 5.45. The molecule has 0 radical (unpaired) electrons. The van der Waals surface area contributed by atoms with Crippen molar-refractivity contribution in [3.63, 3.8) is 0 Å². The van der Waals surface area contributed by atoms with Crippen LogP contribution in [0.4, 0.5) is 0 Å². The van der Waals surface area contributed by atoms with E-state index >= 15 is 0 Å². The molecule has 0 saturated heterocycles. The third kappa shape index (κ3) is 4.76. The largest absolute Gasteiger partial charge is 0.496 e. The molecule has 21 heavy (non-hydrogen) atoms. The molecule has 1 unspecified atom stereocenters. The molecule has 0 aromatic heterocycles. The Kier molecular flexibility index (Phi) is 6.08. The molecule has 0 heterocycles. The molecule has 0 spiro atoms. The summed E-state index contributed by atoms with van der Waals surface area (Å²) in [6.45, 7) is 2.49. The molecule has 0 N–H and O–H groups in total. The molecular weight excluding hydrogens is 332 g/mol. The summed E-state index contributed by atoms with van der Waals surface area (Å²) in [5.74, 6) is 1.63. The zero-order valence-electron chi connectivity index (χ0n) is 12.2. The van der Waals surface area contributed by atoms with Crippen LogP contribution in [0, 0.1) is 0 Å². The first kappa shape index (κ1) is 15.9. The monoisotopic (exact) mass is 350 g/mol. The van der Waals surface area contributed by atoms with Crippen molar-refractivity contribution in [2.24, 2.45) is 0 Å². The summed E-state index contributed by atoms with van der Waals surface area (Å²) in [6.07, 6.45) is 0.488. The molecule has 2 aromatic carbocycles. The number of rotatable bonds is 7. The zero-order chi connectivity index (χ0) is 15.1. The van der Waals surface area contributed by atoms with Crippen molar-refractivity contribution in [1.82, 2.24) is 0 Å². The van der Waals surface area contributed by atoms with Gasteiger partial charge in [0, 0.05) is 16.5 Å². The lowest BCUT2D eigenvalue weighted by molar-refractivity contribution is -0.0909. The van der Waals surface area contributed by atoms with E-state index in [2.05, 4.69) is 15.9 Å². The lowest BCUT2D eigenvalue weighted by Crippen LogP contribution is -2.19. The molecule has 0 amide bonds. The molecular formula is C17H19BrO3. The first-order valence-corrected chi connectivity index (χ1v) is 7.68. The van der Waals surface area contributed by atoms with Gasteiger partial charge in [-0.05, 0) is 30.3 Å². The van der Waals surface area contributed by atoms with Crippen LogP contribution in [0.15, 0.2) is 53.0 Å². The van der Waals surface area contributed by atoms with E-state index in [1.807, 2.05) is 55.5 Å². The van der Waals surface area contributed by atoms with Crippen molar-refractivity contribution < 1.29 is 14.2 Å². The minimum atomic E-state index is -0.281. The molecule has 1 atom stereocenters. The Labute approximate surface area is 134 Å². The molecule has 0 aliphatic rings. The fraction of sp³-hybridized carbons (Fsp3) is 0.294. The average Bonchev–Trinajstić information content (AvgIpc) is 2.53. The van der Waals surface area contributed by atoms with Crippen molar-refractivity contribution >= 4 is 15.9 Å². The van der Waals surface area contributed by atoms with Gasteiger partial charge in [0.25, 0.3) is 0 Å². The maximum atomic E-state index is 5.84. The third-order valence-electron chi connectivity index (χ3n) is 3.03. The quantitative estimate of drug-likeness (QED) is 0.672. The third-order valence-corrected chi connectivity index (χ3v) is 3.56. The summed E-state index contributed by atoms with van der Waals surface area (Å²) in [7, 11) is 1.66. The van der Waals surface area contributed by atoms with Crippen LogP contribution in [0.3, 0.4) is 0 Å². The van der Waals surface area contributed by atoms with E-state index in [9.17, 15) is 0 Å². The standard InChI is InChI=1S/C17H19BrO3/c1-3-17(21-15-10-8-14(18)9-11-15)20-12-13-6-4-5-7-16(13)19-2/h4-11,17H,3,12H2,1-2H3. The van der Waals surface area contributed by atoms with Crippen molar-refractivity contribution in [2.75, 3.05) is 7.11 Å². The summed E-state index contributed by atoms with van der Waals surface area (Å²) in [5, 5.41) is 0. The Morgan fingerprint density at radius 1 is 1.05 bits per heavy atom. The number of hydrogen-bond acceptors (Lipinski definition) is 3. The molecule has 0 aliphatic carbocycles. The van der Waals surface area contributed by atoms with Crippen LogP contribution in [0.5, 0.6) is 11.5 Å². The zero-order valence-corrected chi connectivity index (χ0v) is 13.8. The maximum Gasteiger partial charge on any atom is 0.199 e. The Hall–Kier alpha value is -1.52. The highest BCUT2D eigenvalue weighted by molar-refractivity contribution is 9.10. The maximum absolute atomic E-state index is 5.84. The van der Waals surface area contributed by atoms with Crippen LogP contribution in [0.25, 0.3) is 0 Å². The van der Waals surface area contributed by atoms with Gasteiger partial charge in [0.15, 0.2) is 6.29 Å². The minimum Gasteiger partial charge on any atom is -0.496 e. The van der Waals surface area contributed by atoms with E-state index in [4.69, 9.17) is 14.2 Å². The van der Waals surface area contributed by atoms with Gasteiger partial charge in [-0.25, -0.2) is 0 Å². The van der Waals surface area contributed by atoms with Crippen LogP contribution in [0.2, 0.25) is 0 Å². The molecule has 112 valence electrons. The minimum absolute atomic E-state index is 0.281. The van der Waals surface area contributed by atoms with Crippen molar-refractivity contribution in [3.8, 4) is 11.5 Å². The number of para-hydroxylation sites is 1. The van der Waals surface area contributed by atoms with Crippen LogP contribution in [-0.2, 0) is 11.3 Å². The van der Waals surface area contributed by atoms with E-state index in [1.165, 1.54) is 0 Å². The van der Waals surface area contributed by atoms with Gasteiger partial charge in [0.2, 0.25) is 0 Å². The molecule has 3 nitrogen and oxygen atoms in total. The summed E-state index contributed by atoms with van der Waals surface area (Å²) in [6, 6.07) is 15.6. The topological polar surface area (TPSA) is 27.7 Å². The fourth-order valence-electron chi connectivity index (χ4n) is 1.91. The van der Waals surface area contributed by atoms with Gasteiger partial charge >= 0.3 is 0 Å². The lowest BCUT2D eigenvalue weighted by atomic mass is 10.2. The van der Waals surface area contributed by atoms with Crippen molar-refractivity contribution in [2.45, 2.75) is 26.2 Å².